The lowest BCUT2D eigenvalue weighted by Gasteiger charge is -2.18. The molecule has 0 spiro atoms. The number of rotatable bonds is 9. The largest absolute Gasteiger partial charge is 0.490 e. The Hall–Kier alpha value is -3.22. The van der Waals surface area contributed by atoms with Crippen LogP contribution in [0.15, 0.2) is 42.5 Å². The molecule has 7 heteroatoms. The molecule has 0 saturated heterocycles. The molecule has 2 aromatic rings. The Bertz CT molecular complexity index is 821. The lowest BCUT2D eigenvalue weighted by molar-refractivity contribution is -0.145. The highest BCUT2D eigenvalue weighted by Gasteiger charge is 2.23. The highest BCUT2D eigenvalue weighted by atomic mass is 16.5. The summed E-state index contributed by atoms with van der Waals surface area (Å²) in [6.45, 7) is 1.77. The van der Waals surface area contributed by atoms with Crippen LogP contribution in [0.4, 0.5) is 5.69 Å². The molecule has 1 amide bonds. The second-order valence-corrected chi connectivity index (χ2v) is 6.69. The number of nitrogens with two attached hydrogens (primary N) is 1. The van der Waals surface area contributed by atoms with Crippen molar-refractivity contribution in [2.75, 3.05) is 25.1 Å². The van der Waals surface area contributed by atoms with Gasteiger partial charge in [0.25, 0.3) is 0 Å². The van der Waals surface area contributed by atoms with Crippen molar-refractivity contribution in [1.82, 2.24) is 0 Å². The SMILES string of the molecule is NC(=O)C(Cc1ccc(OCCOc2ccc3c(c2)NCCC3)cc1)C(=O)O. The van der Waals surface area contributed by atoms with Crippen LogP contribution in [0.3, 0.4) is 0 Å². The van der Waals surface area contributed by atoms with Gasteiger partial charge in [-0.1, -0.05) is 18.2 Å². The van der Waals surface area contributed by atoms with Gasteiger partial charge in [0.2, 0.25) is 5.91 Å². The number of aliphatic carboxylic acids is 1. The Labute approximate surface area is 163 Å². The number of primary amides is 1. The molecule has 7 nitrogen and oxygen atoms in total. The predicted molar refractivity (Wildman–Crippen MR) is 105 cm³/mol. The number of carboxylic acids is 1. The first-order valence-electron chi connectivity index (χ1n) is 9.26. The van der Waals surface area contributed by atoms with E-state index >= 15 is 0 Å². The van der Waals surface area contributed by atoms with Crippen molar-refractivity contribution in [2.24, 2.45) is 11.7 Å². The fraction of sp³-hybridized carbons (Fsp3) is 0.333. The van der Waals surface area contributed by atoms with Gasteiger partial charge in [-0.25, -0.2) is 0 Å². The summed E-state index contributed by atoms with van der Waals surface area (Å²) in [6.07, 6.45) is 2.30. The van der Waals surface area contributed by atoms with Crippen molar-refractivity contribution in [3.8, 4) is 11.5 Å². The quantitative estimate of drug-likeness (QED) is 0.452. The molecule has 0 fully saturated rings. The van der Waals surface area contributed by atoms with Crippen molar-refractivity contribution >= 4 is 17.6 Å². The second-order valence-electron chi connectivity index (χ2n) is 6.69. The van der Waals surface area contributed by atoms with Crippen molar-refractivity contribution in [3.63, 3.8) is 0 Å². The van der Waals surface area contributed by atoms with Gasteiger partial charge in [-0.15, -0.1) is 0 Å². The smallest absolute Gasteiger partial charge is 0.316 e. The number of anilines is 1. The number of hydrogen-bond acceptors (Lipinski definition) is 5. The Balaban J connectivity index is 1.45. The van der Waals surface area contributed by atoms with Crippen LogP contribution in [0.25, 0.3) is 0 Å². The van der Waals surface area contributed by atoms with E-state index in [1.54, 1.807) is 24.3 Å². The third-order valence-electron chi connectivity index (χ3n) is 4.65. The summed E-state index contributed by atoms with van der Waals surface area (Å²) < 4.78 is 11.4. The molecule has 0 aromatic heterocycles. The molecule has 1 heterocycles. The topological polar surface area (TPSA) is 111 Å². The minimum Gasteiger partial charge on any atom is -0.490 e. The number of carbonyl (C=O) groups excluding carboxylic acids is 1. The summed E-state index contributed by atoms with van der Waals surface area (Å²) in [7, 11) is 0. The van der Waals surface area contributed by atoms with Crippen LogP contribution >= 0.6 is 0 Å². The first-order valence-corrected chi connectivity index (χ1v) is 9.26. The summed E-state index contributed by atoms with van der Waals surface area (Å²) >= 11 is 0. The fourth-order valence-electron chi connectivity index (χ4n) is 3.12. The third-order valence-corrected chi connectivity index (χ3v) is 4.65. The van der Waals surface area contributed by atoms with E-state index in [1.165, 1.54) is 5.56 Å². The van der Waals surface area contributed by atoms with Crippen LogP contribution in [0.2, 0.25) is 0 Å². The number of nitrogens with one attached hydrogen (secondary N) is 1. The van der Waals surface area contributed by atoms with Crippen LogP contribution in [0, 0.1) is 5.92 Å². The number of benzene rings is 2. The Morgan fingerprint density at radius 3 is 2.43 bits per heavy atom. The molecule has 3 rings (SSSR count). The second kappa shape index (κ2) is 9.12. The van der Waals surface area contributed by atoms with Gasteiger partial charge in [-0.05, 0) is 48.6 Å². The lowest BCUT2D eigenvalue weighted by Crippen LogP contribution is -2.31. The minimum atomic E-state index is -1.23. The van der Waals surface area contributed by atoms with E-state index in [4.69, 9.17) is 20.3 Å². The van der Waals surface area contributed by atoms with Crippen molar-refractivity contribution in [2.45, 2.75) is 19.3 Å². The molecular weight excluding hydrogens is 360 g/mol. The number of carboxylic acid groups (broad SMARTS) is 1. The van der Waals surface area contributed by atoms with Crippen LogP contribution in [0.5, 0.6) is 11.5 Å². The highest BCUT2D eigenvalue weighted by Crippen LogP contribution is 2.26. The van der Waals surface area contributed by atoms with Gasteiger partial charge < -0.3 is 25.6 Å². The highest BCUT2D eigenvalue weighted by molar-refractivity contribution is 5.96. The molecular formula is C21H24N2O5. The van der Waals surface area contributed by atoms with E-state index in [-0.39, 0.29) is 6.42 Å². The average Bonchev–Trinajstić information content (AvgIpc) is 2.69. The third kappa shape index (κ3) is 5.16. The molecule has 1 atom stereocenters. The number of fused-ring (bicyclic) bond motifs is 1. The van der Waals surface area contributed by atoms with Crippen LogP contribution in [-0.4, -0.2) is 36.7 Å². The first kappa shape index (κ1) is 19.5. The predicted octanol–water partition coefficient (Wildman–Crippen LogP) is 2.23. The zero-order valence-corrected chi connectivity index (χ0v) is 15.5. The molecule has 1 aliphatic rings. The molecule has 1 aliphatic heterocycles. The molecule has 1 unspecified atom stereocenters. The van der Waals surface area contributed by atoms with Crippen LogP contribution < -0.4 is 20.5 Å². The maximum Gasteiger partial charge on any atom is 0.316 e. The van der Waals surface area contributed by atoms with E-state index in [0.717, 1.165) is 30.8 Å². The minimum absolute atomic E-state index is 0.0560. The summed E-state index contributed by atoms with van der Waals surface area (Å²) in [5.74, 6) is -1.85. The normalized spacial score (nSPS) is 13.7. The molecule has 0 saturated carbocycles. The standard InChI is InChI=1S/C21H24N2O5/c22-20(24)18(21(25)26)12-14-3-6-16(7-4-14)27-10-11-28-17-8-5-15-2-1-9-23-19(15)13-17/h3-8,13,18,23H,1-2,9-12H2,(H2,22,24)(H,25,26). The molecule has 148 valence electrons. The van der Waals surface area contributed by atoms with Gasteiger partial charge in [-0.2, -0.15) is 0 Å². The van der Waals surface area contributed by atoms with E-state index in [9.17, 15) is 9.59 Å². The zero-order valence-electron chi connectivity index (χ0n) is 15.5. The average molecular weight is 384 g/mol. The maximum absolute atomic E-state index is 11.2. The van der Waals surface area contributed by atoms with Gasteiger partial charge in [0, 0.05) is 18.3 Å². The van der Waals surface area contributed by atoms with Crippen molar-refractivity contribution in [3.05, 3.63) is 53.6 Å². The number of ether oxygens (including phenoxy) is 2. The molecule has 0 aliphatic carbocycles. The number of amides is 1. The molecule has 0 radical (unpaired) electrons. The van der Waals surface area contributed by atoms with Gasteiger partial charge >= 0.3 is 5.97 Å². The monoisotopic (exact) mass is 384 g/mol. The van der Waals surface area contributed by atoms with Crippen molar-refractivity contribution < 1.29 is 24.2 Å². The summed E-state index contributed by atoms with van der Waals surface area (Å²) in [4.78, 5) is 22.2. The maximum atomic E-state index is 11.2. The van der Waals surface area contributed by atoms with E-state index in [2.05, 4.69) is 11.4 Å². The number of hydrogen-bond donors (Lipinski definition) is 3. The first-order chi connectivity index (χ1) is 13.5. The summed E-state index contributed by atoms with van der Waals surface area (Å²) in [5.41, 5.74) is 8.28. The van der Waals surface area contributed by atoms with Crippen molar-refractivity contribution in [1.29, 1.82) is 0 Å². The number of aryl methyl sites for hydroxylation is 1. The van der Waals surface area contributed by atoms with Gasteiger partial charge in [0.1, 0.15) is 30.6 Å². The van der Waals surface area contributed by atoms with Crippen LogP contribution in [0.1, 0.15) is 17.5 Å². The van der Waals surface area contributed by atoms with E-state index in [0.29, 0.717) is 24.5 Å². The molecule has 2 aromatic carbocycles. The molecule has 28 heavy (non-hydrogen) atoms. The lowest BCUT2D eigenvalue weighted by atomic mass is 9.99. The summed E-state index contributed by atoms with van der Waals surface area (Å²) in [6, 6.07) is 13.0. The Morgan fingerprint density at radius 2 is 1.75 bits per heavy atom. The fourth-order valence-corrected chi connectivity index (χ4v) is 3.12. The Morgan fingerprint density at radius 1 is 1.07 bits per heavy atom. The van der Waals surface area contributed by atoms with Crippen LogP contribution in [-0.2, 0) is 22.4 Å². The van der Waals surface area contributed by atoms with E-state index < -0.39 is 17.8 Å². The molecule has 4 N–H and O–H groups in total. The molecule has 0 bridgehead atoms. The zero-order chi connectivity index (χ0) is 19.9. The Kier molecular flexibility index (Phi) is 6.37. The number of carbonyl (C=O) groups is 2. The summed E-state index contributed by atoms with van der Waals surface area (Å²) in [5, 5.41) is 12.4. The van der Waals surface area contributed by atoms with Gasteiger partial charge in [-0.3, -0.25) is 9.59 Å². The van der Waals surface area contributed by atoms with Gasteiger partial charge in [0.15, 0.2) is 0 Å². The van der Waals surface area contributed by atoms with E-state index in [1.807, 2.05) is 12.1 Å². The van der Waals surface area contributed by atoms with Gasteiger partial charge in [0.05, 0.1) is 0 Å².